The van der Waals surface area contributed by atoms with Crippen LogP contribution in [0.3, 0.4) is 0 Å². The normalized spacial score (nSPS) is 22.9. The number of hydrogen-bond donors (Lipinski definition) is 0. The van der Waals surface area contributed by atoms with Gasteiger partial charge in [-0.1, -0.05) is 12.5 Å². The Morgan fingerprint density at radius 2 is 1.96 bits per heavy atom. The first-order chi connectivity index (χ1) is 13.8. The van der Waals surface area contributed by atoms with Crippen molar-refractivity contribution >= 4 is 5.82 Å². The average molecular weight is 378 g/mol. The van der Waals surface area contributed by atoms with Crippen molar-refractivity contribution in [2.24, 2.45) is 5.92 Å². The summed E-state index contributed by atoms with van der Waals surface area (Å²) in [5, 5.41) is 0. The number of hydrogen-bond acceptors (Lipinski definition) is 5. The Morgan fingerprint density at radius 3 is 2.79 bits per heavy atom. The first-order valence-electron chi connectivity index (χ1n) is 11.0. The van der Waals surface area contributed by atoms with Gasteiger partial charge >= 0.3 is 0 Å². The van der Waals surface area contributed by atoms with Crippen molar-refractivity contribution in [2.75, 3.05) is 24.5 Å². The van der Waals surface area contributed by atoms with E-state index >= 15 is 0 Å². The maximum atomic E-state index is 5.20. The van der Waals surface area contributed by atoms with E-state index in [4.69, 9.17) is 9.97 Å². The molecular formula is C23H31N5. The number of pyridine rings is 1. The fraction of sp³-hybridized carbons (Fsp3) is 0.609. The Hall–Kier alpha value is -2.01. The third kappa shape index (κ3) is 3.77. The number of aryl methyl sites for hydroxylation is 1. The van der Waals surface area contributed by atoms with Gasteiger partial charge in [-0.3, -0.25) is 9.88 Å². The van der Waals surface area contributed by atoms with Crippen LogP contribution in [0.5, 0.6) is 0 Å². The topological polar surface area (TPSA) is 45.2 Å². The lowest BCUT2D eigenvalue weighted by Gasteiger charge is -2.36. The van der Waals surface area contributed by atoms with E-state index in [0.29, 0.717) is 6.04 Å². The fourth-order valence-corrected chi connectivity index (χ4v) is 4.83. The largest absolute Gasteiger partial charge is 0.350 e. The first-order valence-corrected chi connectivity index (χ1v) is 11.0. The zero-order valence-electron chi connectivity index (χ0n) is 17.0. The number of nitrogens with zero attached hydrogens (tertiary/aromatic N) is 5. The summed E-state index contributed by atoms with van der Waals surface area (Å²) in [4.78, 5) is 19.9. The monoisotopic (exact) mass is 377 g/mol. The molecule has 148 valence electrons. The van der Waals surface area contributed by atoms with Gasteiger partial charge < -0.3 is 4.90 Å². The second-order valence-corrected chi connectivity index (χ2v) is 8.77. The number of piperidine rings is 1. The van der Waals surface area contributed by atoms with Crippen LogP contribution in [0.1, 0.15) is 67.3 Å². The Bertz CT molecular complexity index is 817. The van der Waals surface area contributed by atoms with Crippen molar-refractivity contribution < 1.29 is 0 Å². The Morgan fingerprint density at radius 1 is 1.04 bits per heavy atom. The molecule has 0 spiro atoms. The molecule has 2 aromatic heterocycles. The number of likely N-dealkylation sites (tertiary alicyclic amines) is 1. The summed E-state index contributed by atoms with van der Waals surface area (Å²) in [5.41, 5.74) is 3.64. The lowest BCUT2D eigenvalue weighted by Crippen LogP contribution is -2.37. The summed E-state index contributed by atoms with van der Waals surface area (Å²) in [6.07, 6.45) is 10.8. The molecule has 0 amide bonds. The zero-order chi connectivity index (χ0) is 18.9. The first kappa shape index (κ1) is 18.0. The molecule has 0 unspecified atom stereocenters. The number of fused-ring (bicyclic) bond motifs is 1. The molecule has 5 rings (SSSR count). The van der Waals surface area contributed by atoms with Crippen LogP contribution in [0.4, 0.5) is 5.82 Å². The van der Waals surface area contributed by atoms with Gasteiger partial charge in [-0.2, -0.15) is 0 Å². The number of rotatable bonds is 5. The maximum absolute atomic E-state index is 5.20. The van der Waals surface area contributed by atoms with Gasteiger partial charge in [0.15, 0.2) is 0 Å². The highest BCUT2D eigenvalue weighted by Crippen LogP contribution is 2.37. The molecule has 1 saturated heterocycles. The van der Waals surface area contributed by atoms with Gasteiger partial charge in [0.2, 0.25) is 0 Å². The van der Waals surface area contributed by atoms with Crippen LogP contribution in [0.25, 0.3) is 0 Å². The van der Waals surface area contributed by atoms with E-state index in [1.807, 2.05) is 12.3 Å². The molecule has 1 atom stereocenters. The van der Waals surface area contributed by atoms with Crippen LogP contribution in [0.2, 0.25) is 0 Å². The molecule has 1 aliphatic carbocycles. The molecule has 2 fully saturated rings. The number of anilines is 1. The molecule has 4 heterocycles. The zero-order valence-corrected chi connectivity index (χ0v) is 17.0. The van der Waals surface area contributed by atoms with Crippen molar-refractivity contribution in [3.05, 3.63) is 47.2 Å². The van der Waals surface area contributed by atoms with Crippen LogP contribution in [-0.4, -0.2) is 39.5 Å². The molecule has 1 saturated carbocycles. The summed E-state index contributed by atoms with van der Waals surface area (Å²) >= 11 is 0. The summed E-state index contributed by atoms with van der Waals surface area (Å²) < 4.78 is 0. The van der Waals surface area contributed by atoms with E-state index in [9.17, 15) is 0 Å². The van der Waals surface area contributed by atoms with Gasteiger partial charge in [0.1, 0.15) is 11.6 Å². The van der Waals surface area contributed by atoms with Gasteiger partial charge in [0.25, 0.3) is 0 Å². The van der Waals surface area contributed by atoms with Crippen molar-refractivity contribution in [3.63, 3.8) is 0 Å². The fourth-order valence-electron chi connectivity index (χ4n) is 4.83. The molecule has 0 N–H and O–H groups in total. The predicted octanol–water partition coefficient (Wildman–Crippen LogP) is 4.07. The molecule has 28 heavy (non-hydrogen) atoms. The lowest BCUT2D eigenvalue weighted by atomic mass is 9.99. The second kappa shape index (κ2) is 7.78. The van der Waals surface area contributed by atoms with Gasteiger partial charge in [0.05, 0.1) is 18.3 Å². The minimum Gasteiger partial charge on any atom is -0.350 e. The van der Waals surface area contributed by atoms with E-state index in [1.165, 1.54) is 62.9 Å². The van der Waals surface area contributed by atoms with Crippen LogP contribution in [0, 0.1) is 12.8 Å². The minimum atomic E-state index is 0.400. The van der Waals surface area contributed by atoms with E-state index in [0.717, 1.165) is 42.8 Å². The molecule has 0 bridgehead atoms. The van der Waals surface area contributed by atoms with Crippen molar-refractivity contribution in [1.82, 2.24) is 19.9 Å². The third-order valence-corrected chi connectivity index (χ3v) is 6.54. The van der Waals surface area contributed by atoms with Crippen molar-refractivity contribution in [3.8, 4) is 0 Å². The minimum absolute atomic E-state index is 0.400. The SMILES string of the molecule is Cc1nc([C@H]2CCCCN2CC2CC2)nc2c1CCCN2Cc1ccccn1. The van der Waals surface area contributed by atoms with E-state index in [-0.39, 0.29) is 0 Å². The molecule has 0 aromatic carbocycles. The molecule has 2 aliphatic heterocycles. The summed E-state index contributed by atoms with van der Waals surface area (Å²) in [6, 6.07) is 6.57. The van der Waals surface area contributed by atoms with Crippen LogP contribution in [-0.2, 0) is 13.0 Å². The number of aromatic nitrogens is 3. The highest BCUT2D eigenvalue weighted by atomic mass is 15.2. The molecule has 2 aromatic rings. The maximum Gasteiger partial charge on any atom is 0.148 e. The van der Waals surface area contributed by atoms with Crippen LogP contribution >= 0.6 is 0 Å². The van der Waals surface area contributed by atoms with Crippen molar-refractivity contribution in [1.29, 1.82) is 0 Å². The van der Waals surface area contributed by atoms with E-state index < -0.39 is 0 Å². The molecule has 0 radical (unpaired) electrons. The third-order valence-electron chi connectivity index (χ3n) is 6.54. The predicted molar refractivity (Wildman–Crippen MR) is 111 cm³/mol. The lowest BCUT2D eigenvalue weighted by molar-refractivity contribution is 0.135. The Labute approximate surface area is 168 Å². The Balaban J connectivity index is 1.45. The highest BCUT2D eigenvalue weighted by Gasteiger charge is 2.33. The average Bonchev–Trinajstić information content (AvgIpc) is 3.54. The summed E-state index contributed by atoms with van der Waals surface area (Å²) in [7, 11) is 0. The van der Waals surface area contributed by atoms with Gasteiger partial charge in [0, 0.05) is 30.5 Å². The summed E-state index contributed by atoms with van der Waals surface area (Å²) in [6.45, 7) is 6.51. The standard InChI is InChI=1S/C23H31N5/c1-17-20-8-6-14-28(16-19-7-2-4-12-24-19)23(20)26-22(25-17)21-9-3-5-13-27(21)15-18-10-11-18/h2,4,7,12,18,21H,3,5-6,8-11,13-16H2,1H3/t21-/m1/s1. The molecule has 3 aliphatic rings. The molecule has 5 nitrogen and oxygen atoms in total. The van der Waals surface area contributed by atoms with Crippen LogP contribution in [0.15, 0.2) is 24.4 Å². The molecule has 5 heteroatoms. The quantitative estimate of drug-likeness (QED) is 0.786. The second-order valence-electron chi connectivity index (χ2n) is 8.77. The molecular weight excluding hydrogens is 346 g/mol. The smallest absolute Gasteiger partial charge is 0.148 e. The Kier molecular flexibility index (Phi) is 5.02. The van der Waals surface area contributed by atoms with Gasteiger partial charge in [-0.25, -0.2) is 9.97 Å². The summed E-state index contributed by atoms with van der Waals surface area (Å²) in [5.74, 6) is 3.14. The van der Waals surface area contributed by atoms with Crippen molar-refractivity contribution in [2.45, 2.75) is 64.5 Å². The van der Waals surface area contributed by atoms with Crippen LogP contribution < -0.4 is 4.90 Å². The van der Waals surface area contributed by atoms with E-state index in [1.54, 1.807) is 0 Å². The van der Waals surface area contributed by atoms with Gasteiger partial charge in [-0.15, -0.1) is 0 Å². The van der Waals surface area contributed by atoms with E-state index in [2.05, 4.69) is 33.8 Å². The highest BCUT2D eigenvalue weighted by molar-refractivity contribution is 5.51. The van der Waals surface area contributed by atoms with Gasteiger partial charge in [-0.05, 0) is 70.0 Å².